The van der Waals surface area contributed by atoms with Crippen LogP contribution in [-0.4, -0.2) is 19.9 Å². The van der Waals surface area contributed by atoms with Gasteiger partial charge in [0, 0.05) is 6.20 Å². The summed E-state index contributed by atoms with van der Waals surface area (Å²) in [6, 6.07) is 14.7. The fourth-order valence-electron chi connectivity index (χ4n) is 2.15. The number of pyridine rings is 1. The molecule has 3 N–H and O–H groups in total. The number of nitriles is 1. The zero-order valence-corrected chi connectivity index (χ0v) is 12.5. The van der Waals surface area contributed by atoms with Crippen molar-refractivity contribution in [2.45, 2.75) is 6.54 Å². The summed E-state index contributed by atoms with van der Waals surface area (Å²) in [5, 5.41) is 10.4. The number of nitrogens with zero attached hydrogens (tertiary/aromatic N) is 5. The summed E-state index contributed by atoms with van der Waals surface area (Å²) in [7, 11) is 0. The second-order valence-corrected chi connectivity index (χ2v) is 4.93. The highest BCUT2D eigenvalue weighted by Crippen LogP contribution is 2.17. The first-order valence-corrected chi connectivity index (χ1v) is 7.07. The molecule has 0 unspecified atom stereocenters. The lowest BCUT2D eigenvalue weighted by Gasteiger charge is -2.16. The van der Waals surface area contributed by atoms with E-state index in [1.54, 1.807) is 12.1 Å². The van der Waals surface area contributed by atoms with Crippen LogP contribution in [0.3, 0.4) is 0 Å². The van der Waals surface area contributed by atoms with Crippen molar-refractivity contribution in [3.05, 3.63) is 70.3 Å². The van der Waals surface area contributed by atoms with E-state index in [0.29, 0.717) is 12.1 Å². The van der Waals surface area contributed by atoms with E-state index in [4.69, 9.17) is 11.1 Å². The van der Waals surface area contributed by atoms with E-state index < -0.39 is 5.69 Å². The van der Waals surface area contributed by atoms with Crippen molar-refractivity contribution < 1.29 is 0 Å². The number of aromatic amines is 1. The topological polar surface area (TPSA) is 125 Å². The average Bonchev–Trinajstić information content (AvgIpc) is 2.62. The average molecular weight is 319 g/mol. The van der Waals surface area contributed by atoms with Gasteiger partial charge in [0.25, 0.3) is 0 Å². The zero-order valence-electron chi connectivity index (χ0n) is 12.5. The third-order valence-electron chi connectivity index (χ3n) is 3.24. The number of nitrogens with one attached hydrogen (secondary N) is 1. The number of anilines is 1. The Balaban J connectivity index is 1.98. The summed E-state index contributed by atoms with van der Waals surface area (Å²) in [6.07, 6.45) is 1.51. The fourth-order valence-corrected chi connectivity index (χ4v) is 2.15. The lowest BCUT2D eigenvalue weighted by Crippen LogP contribution is -2.34. The Morgan fingerprint density at radius 1 is 1.17 bits per heavy atom. The van der Waals surface area contributed by atoms with E-state index in [-0.39, 0.29) is 17.5 Å². The number of hydrogen-bond acceptors (Lipinski definition) is 7. The largest absolute Gasteiger partial charge is 0.349 e. The molecule has 0 aliphatic carbocycles. The molecule has 24 heavy (non-hydrogen) atoms. The highest BCUT2D eigenvalue weighted by Gasteiger charge is 2.14. The highest BCUT2D eigenvalue weighted by molar-refractivity contribution is 5.59. The van der Waals surface area contributed by atoms with Crippen LogP contribution in [0, 0.1) is 11.3 Å². The van der Waals surface area contributed by atoms with Crippen LogP contribution in [0.2, 0.25) is 0 Å². The minimum atomic E-state index is -0.618. The first-order chi connectivity index (χ1) is 11.7. The Hall–Kier alpha value is -3.57. The molecule has 8 nitrogen and oxygen atoms in total. The molecule has 0 fully saturated rings. The molecule has 8 heteroatoms. The molecule has 0 bridgehead atoms. The standard InChI is InChI=1S/C16H13N7O/c17-9-12-7-4-8-19-13(12)14-20-15(22-16(24)21-14)23(18)10-11-5-2-1-3-6-11/h1-8H,10,18H2,(H,20,21,22,24). The Bertz CT molecular complexity index is 946. The summed E-state index contributed by atoms with van der Waals surface area (Å²) >= 11 is 0. The van der Waals surface area contributed by atoms with Crippen LogP contribution in [0.5, 0.6) is 0 Å². The Morgan fingerprint density at radius 3 is 2.71 bits per heavy atom. The Labute approximate surface area is 137 Å². The molecule has 0 saturated heterocycles. The third-order valence-corrected chi connectivity index (χ3v) is 3.24. The van der Waals surface area contributed by atoms with E-state index in [2.05, 4.69) is 19.9 Å². The minimum Gasteiger partial charge on any atom is -0.288 e. The second kappa shape index (κ2) is 6.68. The summed E-state index contributed by atoms with van der Waals surface area (Å²) in [5.74, 6) is 6.18. The number of hydrogen-bond donors (Lipinski definition) is 2. The van der Waals surface area contributed by atoms with Gasteiger partial charge in [-0.3, -0.25) is 15.0 Å². The molecular formula is C16H13N7O. The van der Waals surface area contributed by atoms with Crippen LogP contribution in [0.1, 0.15) is 11.1 Å². The van der Waals surface area contributed by atoms with Crippen LogP contribution < -0.4 is 16.5 Å². The van der Waals surface area contributed by atoms with Gasteiger partial charge in [-0.25, -0.2) is 10.6 Å². The fraction of sp³-hybridized carbons (Fsp3) is 0.0625. The number of rotatable bonds is 4. The van der Waals surface area contributed by atoms with Crippen molar-refractivity contribution in [2.24, 2.45) is 5.84 Å². The number of nitrogens with two attached hydrogens (primary N) is 1. The predicted molar refractivity (Wildman–Crippen MR) is 87.4 cm³/mol. The van der Waals surface area contributed by atoms with Gasteiger partial charge in [0.2, 0.25) is 5.95 Å². The lowest BCUT2D eigenvalue weighted by molar-refractivity contribution is 0.790. The van der Waals surface area contributed by atoms with Crippen LogP contribution in [-0.2, 0) is 6.54 Å². The molecule has 118 valence electrons. The van der Waals surface area contributed by atoms with Gasteiger partial charge in [0.05, 0.1) is 12.1 Å². The molecule has 2 aromatic heterocycles. The van der Waals surface area contributed by atoms with E-state index in [1.807, 2.05) is 36.4 Å². The van der Waals surface area contributed by atoms with Gasteiger partial charge in [-0.05, 0) is 17.7 Å². The van der Waals surface area contributed by atoms with E-state index in [9.17, 15) is 4.79 Å². The minimum absolute atomic E-state index is 0.0483. The maximum absolute atomic E-state index is 11.8. The Morgan fingerprint density at radius 2 is 1.96 bits per heavy atom. The molecule has 0 aliphatic heterocycles. The number of benzene rings is 1. The predicted octanol–water partition coefficient (Wildman–Crippen LogP) is 0.979. The monoisotopic (exact) mass is 319 g/mol. The van der Waals surface area contributed by atoms with Crippen LogP contribution in [0.25, 0.3) is 11.5 Å². The normalized spacial score (nSPS) is 10.2. The van der Waals surface area contributed by atoms with E-state index >= 15 is 0 Å². The molecule has 3 aromatic rings. The molecular weight excluding hydrogens is 306 g/mol. The van der Waals surface area contributed by atoms with Gasteiger partial charge in [-0.2, -0.15) is 15.2 Å². The van der Waals surface area contributed by atoms with Gasteiger partial charge >= 0.3 is 5.69 Å². The smallest absolute Gasteiger partial charge is 0.288 e. The maximum atomic E-state index is 11.8. The molecule has 0 saturated carbocycles. The second-order valence-electron chi connectivity index (χ2n) is 4.93. The summed E-state index contributed by atoms with van der Waals surface area (Å²) in [4.78, 5) is 26.4. The van der Waals surface area contributed by atoms with Crippen molar-refractivity contribution in [1.29, 1.82) is 5.26 Å². The number of H-pyrrole nitrogens is 1. The van der Waals surface area contributed by atoms with Crippen LogP contribution in [0.4, 0.5) is 5.95 Å². The molecule has 0 radical (unpaired) electrons. The van der Waals surface area contributed by atoms with Gasteiger partial charge in [0.1, 0.15) is 11.8 Å². The van der Waals surface area contributed by atoms with Crippen molar-refractivity contribution >= 4 is 5.95 Å². The van der Waals surface area contributed by atoms with Crippen LogP contribution in [0.15, 0.2) is 53.5 Å². The van der Waals surface area contributed by atoms with Gasteiger partial charge in [0.15, 0.2) is 5.82 Å². The SMILES string of the molecule is N#Cc1cccnc1-c1nc(N(N)Cc2ccccc2)nc(=O)[nH]1. The van der Waals surface area contributed by atoms with Crippen molar-refractivity contribution in [3.8, 4) is 17.6 Å². The van der Waals surface area contributed by atoms with Gasteiger partial charge < -0.3 is 0 Å². The molecule has 0 spiro atoms. The lowest BCUT2D eigenvalue weighted by atomic mass is 10.2. The Kier molecular flexibility index (Phi) is 4.27. The summed E-state index contributed by atoms with van der Waals surface area (Å²) < 4.78 is 0. The maximum Gasteiger partial charge on any atom is 0.349 e. The molecule has 3 rings (SSSR count). The quantitative estimate of drug-likeness (QED) is 0.542. The summed E-state index contributed by atoms with van der Waals surface area (Å²) in [5.41, 5.74) is 0.896. The van der Waals surface area contributed by atoms with E-state index in [1.165, 1.54) is 11.2 Å². The summed E-state index contributed by atoms with van der Waals surface area (Å²) in [6.45, 7) is 0.330. The van der Waals surface area contributed by atoms with Gasteiger partial charge in [-0.15, -0.1) is 0 Å². The van der Waals surface area contributed by atoms with Crippen molar-refractivity contribution in [1.82, 2.24) is 19.9 Å². The molecule has 1 aromatic carbocycles. The zero-order chi connectivity index (χ0) is 16.9. The third kappa shape index (κ3) is 3.26. The first kappa shape index (κ1) is 15.3. The van der Waals surface area contributed by atoms with E-state index in [0.717, 1.165) is 5.56 Å². The highest BCUT2D eigenvalue weighted by atomic mass is 16.1. The molecule has 2 heterocycles. The first-order valence-electron chi connectivity index (χ1n) is 7.07. The molecule has 0 atom stereocenters. The number of aromatic nitrogens is 4. The van der Waals surface area contributed by atoms with Gasteiger partial charge in [-0.1, -0.05) is 30.3 Å². The van der Waals surface area contributed by atoms with Crippen LogP contribution >= 0.6 is 0 Å². The van der Waals surface area contributed by atoms with Crippen molar-refractivity contribution in [2.75, 3.05) is 5.01 Å². The number of hydrazine groups is 1. The molecule has 0 aliphatic rings. The molecule has 0 amide bonds. The van der Waals surface area contributed by atoms with Crippen molar-refractivity contribution in [3.63, 3.8) is 0 Å².